The van der Waals surface area contributed by atoms with E-state index in [0.717, 1.165) is 37.7 Å². The maximum absolute atomic E-state index is 14.1. The lowest BCUT2D eigenvalue weighted by molar-refractivity contribution is -0.543. The molecule has 0 radical (unpaired) electrons. The number of ether oxygens (including phenoxy) is 4. The van der Waals surface area contributed by atoms with Crippen molar-refractivity contribution in [2.45, 2.75) is 100 Å². The highest BCUT2D eigenvalue weighted by atomic mass is 19.4. The van der Waals surface area contributed by atoms with Gasteiger partial charge in [0.25, 0.3) is 0 Å². The zero-order valence-electron chi connectivity index (χ0n) is 26.2. The van der Waals surface area contributed by atoms with Gasteiger partial charge in [0.1, 0.15) is 19.0 Å². The molecule has 0 amide bonds. The van der Waals surface area contributed by atoms with Crippen LogP contribution in [0.2, 0.25) is 0 Å². The standard InChI is InChI=1S/C29H30F16N2O4/c1-2-3-4-5-6-7-8-18-13-46-22(47-14-18)19-9-11-21(12-10-19)49-16-20(30)15-48-17-23(31,32)50-28(42,43)29(44,45)51-27(40,41)25(35,36)24(33,34)26(37,38)39/h9-14,20H,2-8,15-17H2,1H3/t20-/m0/s1. The molecule has 22 heteroatoms. The van der Waals surface area contributed by atoms with Gasteiger partial charge in [0, 0.05) is 18.0 Å². The van der Waals surface area contributed by atoms with Gasteiger partial charge in [-0.1, -0.05) is 39.0 Å². The minimum Gasteiger partial charge on any atom is -0.490 e. The van der Waals surface area contributed by atoms with Crippen LogP contribution in [0.1, 0.15) is 51.0 Å². The highest BCUT2D eigenvalue weighted by Gasteiger charge is 2.85. The number of hydrogen-bond donors (Lipinski definition) is 0. The topological polar surface area (TPSA) is 62.7 Å². The molecule has 0 saturated carbocycles. The first-order valence-electron chi connectivity index (χ1n) is 14.8. The molecule has 0 unspecified atom stereocenters. The lowest BCUT2D eigenvalue weighted by Crippen LogP contribution is -2.64. The van der Waals surface area contributed by atoms with Crippen LogP contribution >= 0.6 is 0 Å². The van der Waals surface area contributed by atoms with Gasteiger partial charge in [-0.15, -0.1) is 0 Å². The molecule has 2 rings (SSSR count). The molecule has 0 aliphatic carbocycles. The Morgan fingerprint density at radius 1 is 0.627 bits per heavy atom. The van der Waals surface area contributed by atoms with Crippen LogP contribution in [0.3, 0.4) is 0 Å². The van der Waals surface area contributed by atoms with Gasteiger partial charge in [0.15, 0.2) is 12.0 Å². The summed E-state index contributed by atoms with van der Waals surface area (Å²) in [7, 11) is 0. The van der Waals surface area contributed by atoms with Crippen LogP contribution in [0.5, 0.6) is 5.75 Å². The zero-order valence-corrected chi connectivity index (χ0v) is 26.2. The van der Waals surface area contributed by atoms with Crippen molar-refractivity contribution in [1.29, 1.82) is 0 Å². The van der Waals surface area contributed by atoms with Crippen molar-refractivity contribution in [2.75, 3.05) is 19.8 Å². The number of rotatable bonds is 22. The van der Waals surface area contributed by atoms with Crippen LogP contribution in [-0.4, -0.2) is 78.4 Å². The number of alkyl halides is 16. The Labute approximate surface area is 279 Å². The molecule has 1 heterocycles. The summed E-state index contributed by atoms with van der Waals surface area (Å²) in [5, 5.41) is 0. The summed E-state index contributed by atoms with van der Waals surface area (Å²) in [5.74, 6) is -15.4. The van der Waals surface area contributed by atoms with Gasteiger partial charge < -0.3 is 9.47 Å². The molecular weight excluding hydrogens is 744 g/mol. The van der Waals surface area contributed by atoms with Crippen LogP contribution in [0.25, 0.3) is 11.4 Å². The fourth-order valence-corrected chi connectivity index (χ4v) is 3.90. The van der Waals surface area contributed by atoms with E-state index in [-0.39, 0.29) is 5.75 Å². The van der Waals surface area contributed by atoms with Crippen LogP contribution in [-0.2, 0) is 20.6 Å². The summed E-state index contributed by atoms with van der Waals surface area (Å²) < 4.78 is 223. The Morgan fingerprint density at radius 3 is 1.71 bits per heavy atom. The number of aromatic nitrogens is 2. The summed E-state index contributed by atoms with van der Waals surface area (Å²) in [6.07, 6.45) is -26.9. The van der Waals surface area contributed by atoms with E-state index in [9.17, 15) is 70.2 Å². The fourth-order valence-electron chi connectivity index (χ4n) is 3.90. The highest BCUT2D eigenvalue weighted by molar-refractivity contribution is 5.55. The van der Waals surface area contributed by atoms with Gasteiger partial charge in [-0.25, -0.2) is 23.8 Å². The molecule has 0 saturated heterocycles. The van der Waals surface area contributed by atoms with Gasteiger partial charge in [-0.05, 0) is 42.7 Å². The maximum Gasteiger partial charge on any atom is 0.460 e. The Balaban J connectivity index is 1.85. The van der Waals surface area contributed by atoms with Crippen LogP contribution in [0.4, 0.5) is 70.2 Å². The van der Waals surface area contributed by atoms with E-state index < -0.39 is 68.4 Å². The molecule has 0 N–H and O–H groups in total. The summed E-state index contributed by atoms with van der Waals surface area (Å²) >= 11 is 0. The quantitative estimate of drug-likeness (QED) is 0.0877. The molecule has 1 atom stereocenters. The smallest absolute Gasteiger partial charge is 0.460 e. The molecule has 0 spiro atoms. The maximum atomic E-state index is 14.1. The molecule has 51 heavy (non-hydrogen) atoms. The van der Waals surface area contributed by atoms with Gasteiger partial charge >= 0.3 is 42.5 Å². The third-order valence-corrected chi connectivity index (χ3v) is 6.63. The van der Waals surface area contributed by atoms with Crippen LogP contribution in [0, 0.1) is 0 Å². The predicted molar refractivity (Wildman–Crippen MR) is 144 cm³/mol. The van der Waals surface area contributed by atoms with Gasteiger partial charge in [0.05, 0.1) is 6.61 Å². The summed E-state index contributed by atoms with van der Waals surface area (Å²) in [5.41, 5.74) is 1.49. The number of benzene rings is 1. The Hall–Kier alpha value is -3.14. The summed E-state index contributed by atoms with van der Waals surface area (Å²) in [4.78, 5) is 8.58. The molecule has 2 aromatic rings. The number of halogens is 16. The van der Waals surface area contributed by atoms with Crippen molar-refractivity contribution in [1.82, 2.24) is 9.97 Å². The number of hydrogen-bond acceptors (Lipinski definition) is 6. The second kappa shape index (κ2) is 17.1. The number of aryl methyl sites for hydroxylation is 1. The SMILES string of the molecule is CCCCCCCCc1cnc(-c2ccc(OC[C@@H](F)COCC(F)(F)OC(F)(F)C(F)(F)OC(F)(F)C(F)(F)C(F)(F)C(F)(F)F)cc2)nc1. The molecule has 1 aromatic carbocycles. The van der Waals surface area contributed by atoms with E-state index in [2.05, 4.69) is 26.4 Å². The molecule has 1 aromatic heterocycles. The first kappa shape index (κ1) is 44.0. The first-order chi connectivity index (χ1) is 23.3. The minimum atomic E-state index is -7.96. The molecule has 292 valence electrons. The van der Waals surface area contributed by atoms with Crippen molar-refractivity contribution in [3.63, 3.8) is 0 Å². The van der Waals surface area contributed by atoms with Crippen LogP contribution in [0.15, 0.2) is 36.7 Å². The molecular formula is C29H30F16N2O4. The summed E-state index contributed by atoms with van der Waals surface area (Å²) in [6, 6.07) is 5.70. The number of unbranched alkanes of at least 4 members (excludes halogenated alkanes) is 5. The largest absolute Gasteiger partial charge is 0.490 e. The third-order valence-electron chi connectivity index (χ3n) is 6.63. The van der Waals surface area contributed by atoms with E-state index >= 15 is 0 Å². The van der Waals surface area contributed by atoms with E-state index in [0.29, 0.717) is 11.4 Å². The molecule has 0 bridgehead atoms. The second-order valence-electron chi connectivity index (χ2n) is 10.9. The molecule has 6 nitrogen and oxygen atoms in total. The van der Waals surface area contributed by atoms with Crippen molar-refractivity contribution in [3.05, 3.63) is 42.2 Å². The van der Waals surface area contributed by atoms with Crippen molar-refractivity contribution >= 4 is 0 Å². The van der Waals surface area contributed by atoms with E-state index in [4.69, 9.17) is 4.74 Å². The first-order valence-corrected chi connectivity index (χ1v) is 14.8. The molecule has 0 aliphatic rings. The van der Waals surface area contributed by atoms with Gasteiger partial charge in [-0.2, -0.15) is 65.9 Å². The van der Waals surface area contributed by atoms with Gasteiger partial charge in [-0.3, -0.25) is 0 Å². The molecule has 0 aliphatic heterocycles. The minimum absolute atomic E-state index is 0.0343. The lowest BCUT2D eigenvalue weighted by atomic mass is 10.1. The average molecular weight is 775 g/mol. The van der Waals surface area contributed by atoms with E-state index in [1.165, 1.54) is 41.8 Å². The monoisotopic (exact) mass is 774 g/mol. The lowest BCUT2D eigenvalue weighted by Gasteiger charge is -2.36. The third kappa shape index (κ3) is 11.9. The van der Waals surface area contributed by atoms with Crippen molar-refractivity contribution in [2.24, 2.45) is 0 Å². The average Bonchev–Trinajstić information content (AvgIpc) is 3.00. The highest BCUT2D eigenvalue weighted by Crippen LogP contribution is 2.56. The predicted octanol–water partition coefficient (Wildman–Crippen LogP) is 10.0. The summed E-state index contributed by atoms with van der Waals surface area (Å²) in [6.45, 7) is -2.72. The number of nitrogens with zero attached hydrogens (tertiary/aromatic N) is 2. The van der Waals surface area contributed by atoms with E-state index in [1.54, 1.807) is 12.4 Å². The van der Waals surface area contributed by atoms with Crippen molar-refractivity contribution < 1.29 is 89.2 Å². The Morgan fingerprint density at radius 2 is 1.16 bits per heavy atom. The Kier molecular flexibility index (Phi) is 14.8. The molecule has 0 fully saturated rings. The zero-order chi connectivity index (χ0) is 38.9. The Bertz CT molecular complexity index is 1340. The second-order valence-corrected chi connectivity index (χ2v) is 10.9. The van der Waals surface area contributed by atoms with E-state index in [1.807, 2.05) is 0 Å². The normalized spacial score (nSPS) is 14.5. The fraction of sp³-hybridized carbons (Fsp3) is 0.655. The van der Waals surface area contributed by atoms with Crippen LogP contribution < -0.4 is 4.74 Å². The van der Waals surface area contributed by atoms with Gasteiger partial charge in [0.2, 0.25) is 0 Å². The van der Waals surface area contributed by atoms with Crippen molar-refractivity contribution in [3.8, 4) is 17.1 Å².